The van der Waals surface area contributed by atoms with Gasteiger partial charge in [-0.15, -0.1) is 0 Å². The molecule has 6 nitrogen and oxygen atoms in total. The first-order valence-corrected chi connectivity index (χ1v) is 9.13. The van der Waals surface area contributed by atoms with Crippen molar-refractivity contribution < 1.29 is 0 Å². The molecule has 4 N–H and O–H groups in total. The molecule has 5 rings (SSSR count). The van der Waals surface area contributed by atoms with Crippen molar-refractivity contribution in [3.05, 3.63) is 41.7 Å². The van der Waals surface area contributed by atoms with Crippen molar-refractivity contribution in [3.8, 4) is 11.3 Å². The zero-order chi connectivity index (χ0) is 17.7. The number of nitrogens with one attached hydrogen (secondary N) is 2. The Kier molecular flexibility index (Phi) is 3.46. The fourth-order valence-corrected chi connectivity index (χ4v) is 4.01. The van der Waals surface area contributed by atoms with Crippen molar-refractivity contribution in [3.63, 3.8) is 0 Å². The molecule has 1 aliphatic heterocycles. The largest absolute Gasteiger partial charge is 0.384 e. The molecule has 4 heterocycles. The molecule has 26 heavy (non-hydrogen) atoms. The first kappa shape index (κ1) is 15.4. The Labute approximate surface area is 151 Å². The van der Waals surface area contributed by atoms with Crippen molar-refractivity contribution >= 4 is 27.9 Å². The van der Waals surface area contributed by atoms with Gasteiger partial charge in [-0.25, -0.2) is 9.97 Å². The minimum Gasteiger partial charge on any atom is -0.384 e. The van der Waals surface area contributed by atoms with Crippen molar-refractivity contribution in [1.29, 1.82) is 0 Å². The highest BCUT2D eigenvalue weighted by Crippen LogP contribution is 2.32. The highest BCUT2D eigenvalue weighted by atomic mass is 15.1. The molecule has 1 saturated heterocycles. The Morgan fingerprint density at radius 1 is 1.12 bits per heavy atom. The number of nitrogens with zero attached hydrogens (tertiary/aromatic N) is 3. The average molecular weight is 346 g/mol. The van der Waals surface area contributed by atoms with E-state index < -0.39 is 0 Å². The summed E-state index contributed by atoms with van der Waals surface area (Å²) < 4.78 is 0. The van der Waals surface area contributed by atoms with Crippen LogP contribution in [-0.2, 0) is 6.54 Å². The number of aromatic amines is 2. The molecule has 132 valence electrons. The number of nitrogen functional groups attached to an aromatic ring is 1. The maximum atomic E-state index is 6.02. The molecular formula is C20H22N6. The number of hydrogen-bond donors (Lipinski definition) is 3. The van der Waals surface area contributed by atoms with Crippen LogP contribution in [0, 0.1) is 6.92 Å². The molecule has 0 amide bonds. The molecule has 0 bridgehead atoms. The summed E-state index contributed by atoms with van der Waals surface area (Å²) in [6.45, 7) is 5.33. The van der Waals surface area contributed by atoms with E-state index in [4.69, 9.17) is 5.73 Å². The van der Waals surface area contributed by atoms with Gasteiger partial charge in [-0.1, -0.05) is 12.1 Å². The Balaban J connectivity index is 1.64. The summed E-state index contributed by atoms with van der Waals surface area (Å²) in [5.41, 5.74) is 12.1. The minimum atomic E-state index is 0.493. The van der Waals surface area contributed by atoms with Crippen LogP contribution < -0.4 is 5.73 Å². The van der Waals surface area contributed by atoms with Gasteiger partial charge in [0.05, 0.1) is 0 Å². The third-order valence-electron chi connectivity index (χ3n) is 5.23. The number of likely N-dealkylation sites (tertiary alicyclic amines) is 1. The standard InChI is InChI=1S/C20H22N6/c1-12-22-19-15(10-18(21)25-20(19)23-12)17-9-14-13(5-4-6-16(14)24-17)11-26-7-2-3-8-26/h4-6,9-10,24H,2-3,7-8,11H2,1H3,(H3,21,22,23,25). The van der Waals surface area contributed by atoms with Crippen LogP contribution in [0.5, 0.6) is 0 Å². The van der Waals surface area contributed by atoms with Crippen molar-refractivity contribution in [1.82, 2.24) is 24.8 Å². The predicted molar refractivity (Wildman–Crippen MR) is 105 cm³/mol. The van der Waals surface area contributed by atoms with Crippen LogP contribution in [-0.4, -0.2) is 37.9 Å². The van der Waals surface area contributed by atoms with E-state index in [1.54, 1.807) is 0 Å². The lowest BCUT2D eigenvalue weighted by molar-refractivity contribution is 0.332. The Bertz CT molecular complexity index is 1100. The van der Waals surface area contributed by atoms with E-state index >= 15 is 0 Å². The molecule has 0 saturated carbocycles. The smallest absolute Gasteiger partial charge is 0.160 e. The molecule has 0 spiro atoms. The normalized spacial score (nSPS) is 15.4. The Morgan fingerprint density at radius 3 is 2.81 bits per heavy atom. The van der Waals surface area contributed by atoms with Crippen LogP contribution in [0.3, 0.4) is 0 Å². The van der Waals surface area contributed by atoms with Crippen LogP contribution in [0.4, 0.5) is 5.82 Å². The van der Waals surface area contributed by atoms with E-state index in [0.717, 1.165) is 40.3 Å². The lowest BCUT2D eigenvalue weighted by Gasteiger charge is -2.15. The molecule has 4 aromatic rings. The molecule has 0 aliphatic carbocycles. The predicted octanol–water partition coefficient (Wildman–Crippen LogP) is 3.59. The molecular weight excluding hydrogens is 324 g/mol. The number of pyridine rings is 1. The van der Waals surface area contributed by atoms with Gasteiger partial charge in [-0.3, -0.25) is 4.90 Å². The second-order valence-electron chi connectivity index (χ2n) is 7.16. The molecule has 6 heteroatoms. The van der Waals surface area contributed by atoms with Crippen LogP contribution in [0.25, 0.3) is 33.3 Å². The zero-order valence-electron chi connectivity index (χ0n) is 14.8. The Morgan fingerprint density at radius 2 is 1.96 bits per heavy atom. The number of aryl methyl sites for hydroxylation is 1. The molecule has 0 radical (unpaired) electrons. The van der Waals surface area contributed by atoms with E-state index in [-0.39, 0.29) is 0 Å². The summed E-state index contributed by atoms with van der Waals surface area (Å²) in [6.07, 6.45) is 2.61. The lowest BCUT2D eigenvalue weighted by Crippen LogP contribution is -2.18. The third kappa shape index (κ3) is 2.54. The number of aromatic nitrogens is 4. The number of anilines is 1. The van der Waals surface area contributed by atoms with Crippen molar-refractivity contribution in [2.45, 2.75) is 26.3 Å². The number of imidazole rings is 1. The van der Waals surface area contributed by atoms with Gasteiger partial charge in [0.25, 0.3) is 0 Å². The molecule has 0 unspecified atom stereocenters. The zero-order valence-corrected chi connectivity index (χ0v) is 14.8. The summed E-state index contributed by atoms with van der Waals surface area (Å²) in [4.78, 5) is 18.2. The first-order chi connectivity index (χ1) is 12.7. The summed E-state index contributed by atoms with van der Waals surface area (Å²) in [5.74, 6) is 1.33. The minimum absolute atomic E-state index is 0.493. The third-order valence-corrected chi connectivity index (χ3v) is 5.23. The number of hydrogen-bond acceptors (Lipinski definition) is 4. The fraction of sp³-hybridized carbons (Fsp3) is 0.300. The Hall–Kier alpha value is -2.86. The number of H-pyrrole nitrogens is 2. The highest BCUT2D eigenvalue weighted by molar-refractivity contribution is 5.96. The van der Waals surface area contributed by atoms with E-state index in [9.17, 15) is 0 Å². The van der Waals surface area contributed by atoms with Crippen LogP contribution in [0.2, 0.25) is 0 Å². The van der Waals surface area contributed by atoms with E-state index in [1.165, 1.54) is 36.9 Å². The van der Waals surface area contributed by atoms with E-state index in [0.29, 0.717) is 5.82 Å². The van der Waals surface area contributed by atoms with Gasteiger partial charge in [-0.05, 0) is 56.6 Å². The average Bonchev–Trinajstić information content (AvgIpc) is 3.32. The van der Waals surface area contributed by atoms with Gasteiger partial charge in [0.15, 0.2) is 5.65 Å². The molecule has 0 atom stereocenters. The van der Waals surface area contributed by atoms with Crippen molar-refractivity contribution in [2.75, 3.05) is 18.8 Å². The molecule has 1 fully saturated rings. The number of benzene rings is 1. The van der Waals surface area contributed by atoms with Gasteiger partial charge in [0.1, 0.15) is 17.2 Å². The quantitative estimate of drug-likeness (QED) is 0.529. The van der Waals surface area contributed by atoms with Crippen molar-refractivity contribution in [2.24, 2.45) is 0 Å². The monoisotopic (exact) mass is 346 g/mol. The number of nitrogens with two attached hydrogens (primary N) is 1. The molecule has 1 aromatic carbocycles. The van der Waals surface area contributed by atoms with E-state index in [1.807, 2.05) is 13.0 Å². The van der Waals surface area contributed by atoms with Gasteiger partial charge in [0.2, 0.25) is 0 Å². The lowest BCUT2D eigenvalue weighted by atomic mass is 10.1. The highest BCUT2D eigenvalue weighted by Gasteiger charge is 2.16. The summed E-state index contributed by atoms with van der Waals surface area (Å²) >= 11 is 0. The number of rotatable bonds is 3. The molecule has 1 aliphatic rings. The summed E-state index contributed by atoms with van der Waals surface area (Å²) in [6, 6.07) is 10.6. The van der Waals surface area contributed by atoms with E-state index in [2.05, 4.69) is 49.1 Å². The summed E-state index contributed by atoms with van der Waals surface area (Å²) in [5, 5.41) is 1.27. The summed E-state index contributed by atoms with van der Waals surface area (Å²) in [7, 11) is 0. The number of fused-ring (bicyclic) bond motifs is 2. The molecule has 3 aromatic heterocycles. The van der Waals surface area contributed by atoms with Gasteiger partial charge >= 0.3 is 0 Å². The second kappa shape index (κ2) is 5.85. The van der Waals surface area contributed by atoms with Crippen LogP contribution in [0.15, 0.2) is 30.3 Å². The topological polar surface area (TPSA) is 86.6 Å². The maximum Gasteiger partial charge on any atom is 0.160 e. The van der Waals surface area contributed by atoms with Gasteiger partial charge in [0, 0.05) is 28.7 Å². The first-order valence-electron chi connectivity index (χ1n) is 9.13. The maximum absolute atomic E-state index is 6.02. The van der Waals surface area contributed by atoms with Crippen LogP contribution in [0.1, 0.15) is 24.2 Å². The fourth-order valence-electron chi connectivity index (χ4n) is 4.01. The SMILES string of the molecule is Cc1nc2c(-c3cc4c(CN5CCCC5)cccc4[nH]3)cc(N)nc2[nH]1. The second-order valence-corrected chi connectivity index (χ2v) is 7.16. The van der Waals surface area contributed by atoms with Gasteiger partial charge < -0.3 is 15.7 Å². The van der Waals surface area contributed by atoms with Gasteiger partial charge in [-0.2, -0.15) is 0 Å². The van der Waals surface area contributed by atoms with Crippen LogP contribution >= 0.6 is 0 Å².